The molecule has 4 aromatic rings. The number of ether oxygens (including phenoxy) is 1. The van der Waals surface area contributed by atoms with Crippen LogP contribution in [0.1, 0.15) is 37.7 Å². The molecule has 0 fully saturated rings. The number of nitrogen functional groups attached to an aromatic ring is 1. The predicted molar refractivity (Wildman–Crippen MR) is 137 cm³/mol. The third-order valence-corrected chi connectivity index (χ3v) is 6.12. The van der Waals surface area contributed by atoms with Gasteiger partial charge in [-0.1, -0.05) is 42.8 Å². The number of rotatable bonds is 6. The quantitative estimate of drug-likeness (QED) is 0.417. The van der Waals surface area contributed by atoms with Crippen molar-refractivity contribution >= 4 is 40.0 Å². The highest BCUT2D eigenvalue weighted by Crippen LogP contribution is 2.29. The summed E-state index contributed by atoms with van der Waals surface area (Å²) in [5, 5.41) is 4.14. The van der Waals surface area contributed by atoms with Crippen molar-refractivity contribution in [2.24, 2.45) is 4.99 Å². The van der Waals surface area contributed by atoms with E-state index in [1.165, 1.54) is 6.33 Å². The number of halogens is 1. The number of fused-ring (bicyclic) bond motifs is 1. The average Bonchev–Trinajstić information content (AvgIpc) is 3.28. The van der Waals surface area contributed by atoms with E-state index in [0.29, 0.717) is 57.7 Å². The average molecular weight is 490 g/mol. The molecule has 2 atom stereocenters. The minimum absolute atomic E-state index is 0.00888. The van der Waals surface area contributed by atoms with E-state index in [2.05, 4.69) is 20.3 Å². The molecule has 0 bridgehead atoms. The van der Waals surface area contributed by atoms with Gasteiger partial charge in [0, 0.05) is 0 Å². The Hall–Kier alpha value is -3.98. The van der Waals surface area contributed by atoms with Crippen LogP contribution in [0.25, 0.3) is 16.6 Å². The summed E-state index contributed by atoms with van der Waals surface area (Å²) in [6.07, 6.45) is 1.98. The Balaban J connectivity index is 1.69. The first-order valence-electron chi connectivity index (χ1n) is 11.3. The van der Waals surface area contributed by atoms with Crippen molar-refractivity contribution in [2.75, 3.05) is 17.7 Å². The van der Waals surface area contributed by atoms with Crippen LogP contribution < -0.4 is 16.6 Å². The highest BCUT2D eigenvalue weighted by Gasteiger charge is 2.27. The highest BCUT2D eigenvalue weighted by molar-refractivity contribution is 6.35. The molecule has 0 spiro atoms. The van der Waals surface area contributed by atoms with Crippen LogP contribution in [0, 0.1) is 0 Å². The van der Waals surface area contributed by atoms with Crippen molar-refractivity contribution in [1.29, 1.82) is 0 Å². The lowest BCUT2D eigenvalue weighted by molar-refractivity contribution is 0.324. The van der Waals surface area contributed by atoms with E-state index in [0.717, 1.165) is 0 Å². The molecule has 35 heavy (non-hydrogen) atoms. The lowest BCUT2D eigenvalue weighted by Crippen LogP contribution is -2.29. The first-order valence-corrected chi connectivity index (χ1v) is 11.7. The molecule has 0 amide bonds. The van der Waals surface area contributed by atoms with Crippen LogP contribution in [-0.4, -0.2) is 38.1 Å². The number of aromatic nitrogens is 4. The third kappa shape index (κ3) is 4.19. The maximum absolute atomic E-state index is 13.7. The van der Waals surface area contributed by atoms with E-state index in [9.17, 15) is 4.79 Å². The summed E-state index contributed by atoms with van der Waals surface area (Å²) >= 11 is 6.41. The van der Waals surface area contributed by atoms with Gasteiger partial charge in [0.1, 0.15) is 36.0 Å². The Morgan fingerprint density at radius 3 is 2.71 bits per heavy atom. The molecule has 9 nitrogen and oxygen atoms in total. The van der Waals surface area contributed by atoms with Crippen molar-refractivity contribution in [1.82, 2.24) is 19.5 Å². The molecule has 5 rings (SSSR count). The summed E-state index contributed by atoms with van der Waals surface area (Å²) in [5.41, 5.74) is 7.65. The van der Waals surface area contributed by atoms with Crippen molar-refractivity contribution < 1.29 is 4.74 Å². The van der Waals surface area contributed by atoms with Gasteiger partial charge in [-0.25, -0.2) is 19.9 Å². The van der Waals surface area contributed by atoms with E-state index in [-0.39, 0.29) is 17.4 Å². The summed E-state index contributed by atoms with van der Waals surface area (Å²) in [6, 6.07) is 14.2. The van der Waals surface area contributed by atoms with Crippen LogP contribution in [0.3, 0.4) is 0 Å². The van der Waals surface area contributed by atoms with Crippen molar-refractivity contribution in [3.8, 4) is 5.69 Å². The van der Waals surface area contributed by atoms with Crippen molar-refractivity contribution in [2.45, 2.75) is 32.4 Å². The van der Waals surface area contributed by atoms with Gasteiger partial charge < -0.3 is 15.8 Å². The Morgan fingerprint density at radius 2 is 2.00 bits per heavy atom. The zero-order valence-electron chi connectivity index (χ0n) is 19.3. The minimum Gasteiger partial charge on any atom is -0.475 e. The Bertz CT molecular complexity index is 1490. The number of hydrogen-bond acceptors (Lipinski definition) is 8. The molecule has 3 N–H and O–H groups in total. The number of benzene rings is 2. The molecule has 1 aliphatic rings. The molecule has 3 heterocycles. The molecule has 1 aliphatic heterocycles. The minimum atomic E-state index is -0.404. The lowest BCUT2D eigenvalue weighted by atomic mass is 10.1. The number of anilines is 2. The fourth-order valence-electron chi connectivity index (χ4n) is 4.11. The van der Waals surface area contributed by atoms with E-state index in [1.807, 2.05) is 44.2 Å². The Labute approximate surface area is 206 Å². The van der Waals surface area contributed by atoms with Gasteiger partial charge in [0.15, 0.2) is 0 Å². The molecule has 2 aromatic heterocycles. The second kappa shape index (κ2) is 9.34. The van der Waals surface area contributed by atoms with Crippen LogP contribution in [-0.2, 0) is 4.74 Å². The number of nitrogens with zero attached hydrogens (tertiary/aromatic N) is 5. The number of nitrogens with two attached hydrogens (primary N) is 1. The van der Waals surface area contributed by atoms with Gasteiger partial charge in [0.25, 0.3) is 5.56 Å². The molecule has 0 radical (unpaired) electrons. The van der Waals surface area contributed by atoms with Crippen molar-refractivity contribution in [3.63, 3.8) is 0 Å². The van der Waals surface area contributed by atoms with Gasteiger partial charge in [-0.05, 0) is 37.6 Å². The first kappa shape index (κ1) is 22.8. The number of nitrogens with one attached hydrogen (secondary N) is 1. The second-order valence-corrected chi connectivity index (χ2v) is 8.67. The zero-order chi connectivity index (χ0) is 24.5. The van der Waals surface area contributed by atoms with Gasteiger partial charge in [-0.15, -0.1) is 0 Å². The monoisotopic (exact) mass is 489 g/mol. The summed E-state index contributed by atoms with van der Waals surface area (Å²) in [5.74, 6) is 1.62. The Morgan fingerprint density at radius 1 is 1.20 bits per heavy atom. The standard InChI is InChI=1S/C25H24ClN7O2/c1-3-17(31-22-20(21(27)28-13-29-22)24-30-14(2)12-35-24)23-32-18-11-7-10-16(26)19(18)25(34)33(23)15-8-5-4-6-9-15/h4-11,13-14,17H,3,12H2,1-2H3,(H3,27,28,29,31). The number of aliphatic imine (C=N–C) groups is 1. The normalized spacial score (nSPS) is 16.1. The van der Waals surface area contributed by atoms with E-state index in [4.69, 9.17) is 27.1 Å². The lowest BCUT2D eigenvalue weighted by Gasteiger charge is -2.23. The maximum Gasteiger partial charge on any atom is 0.267 e. The van der Waals surface area contributed by atoms with Gasteiger partial charge in [0.2, 0.25) is 5.90 Å². The van der Waals surface area contributed by atoms with Gasteiger partial charge in [0.05, 0.1) is 33.7 Å². The van der Waals surface area contributed by atoms with Crippen LogP contribution in [0.2, 0.25) is 5.02 Å². The summed E-state index contributed by atoms with van der Waals surface area (Å²) in [7, 11) is 0. The SMILES string of the molecule is CCC(Nc1ncnc(N)c1C1=NC(C)CO1)c1nc2cccc(Cl)c2c(=O)n1-c1ccccc1. The topological polar surface area (TPSA) is 120 Å². The molecule has 2 aromatic carbocycles. The first-order chi connectivity index (χ1) is 17.0. The number of hydrogen-bond donors (Lipinski definition) is 2. The van der Waals surface area contributed by atoms with E-state index >= 15 is 0 Å². The largest absolute Gasteiger partial charge is 0.475 e. The predicted octanol–water partition coefficient (Wildman–Crippen LogP) is 4.14. The van der Waals surface area contributed by atoms with Gasteiger partial charge in [-0.2, -0.15) is 0 Å². The molecule has 0 saturated heterocycles. The maximum atomic E-state index is 13.7. The Kier molecular flexibility index (Phi) is 6.08. The van der Waals surface area contributed by atoms with Gasteiger partial charge >= 0.3 is 0 Å². The summed E-state index contributed by atoms with van der Waals surface area (Å²) in [4.78, 5) is 31.7. The smallest absolute Gasteiger partial charge is 0.267 e. The van der Waals surface area contributed by atoms with Crippen LogP contribution in [0.4, 0.5) is 11.6 Å². The van der Waals surface area contributed by atoms with Crippen LogP contribution in [0.5, 0.6) is 0 Å². The molecule has 178 valence electrons. The highest BCUT2D eigenvalue weighted by atomic mass is 35.5. The second-order valence-electron chi connectivity index (χ2n) is 8.26. The molecular weight excluding hydrogens is 466 g/mol. The fraction of sp³-hybridized carbons (Fsp3) is 0.240. The fourth-order valence-corrected chi connectivity index (χ4v) is 4.36. The van der Waals surface area contributed by atoms with E-state index in [1.54, 1.807) is 22.8 Å². The molecule has 0 aliphatic carbocycles. The van der Waals surface area contributed by atoms with Crippen LogP contribution >= 0.6 is 11.6 Å². The summed E-state index contributed by atoms with van der Waals surface area (Å²) in [6.45, 7) is 4.41. The van der Waals surface area contributed by atoms with E-state index < -0.39 is 6.04 Å². The number of para-hydroxylation sites is 1. The molecule has 2 unspecified atom stereocenters. The van der Waals surface area contributed by atoms with Crippen LogP contribution in [0.15, 0.2) is 64.6 Å². The van der Waals surface area contributed by atoms with Gasteiger partial charge in [-0.3, -0.25) is 9.36 Å². The zero-order valence-corrected chi connectivity index (χ0v) is 20.0. The molecule has 10 heteroatoms. The van der Waals surface area contributed by atoms with Crippen molar-refractivity contribution in [3.05, 3.63) is 81.6 Å². The molecule has 0 saturated carbocycles. The summed E-state index contributed by atoms with van der Waals surface area (Å²) < 4.78 is 7.33. The third-order valence-electron chi connectivity index (χ3n) is 5.81. The molecular formula is C25H24ClN7O2.